The van der Waals surface area contributed by atoms with Gasteiger partial charge in [0.05, 0.1) is 19.3 Å². The van der Waals surface area contributed by atoms with Gasteiger partial charge in [-0.2, -0.15) is 0 Å². The van der Waals surface area contributed by atoms with Crippen molar-refractivity contribution < 1.29 is 9.53 Å². The van der Waals surface area contributed by atoms with Gasteiger partial charge >= 0.3 is 0 Å². The molecule has 0 aromatic carbocycles. The second-order valence-electron chi connectivity index (χ2n) is 5.85. The van der Waals surface area contributed by atoms with E-state index in [0.29, 0.717) is 0 Å². The first-order chi connectivity index (χ1) is 10.3. The number of carbonyl (C=O) groups excluding carboxylic acids is 1. The molecule has 2 aliphatic heterocycles. The molecule has 0 bridgehead atoms. The third kappa shape index (κ3) is 3.02. The van der Waals surface area contributed by atoms with E-state index in [1.165, 1.54) is 17.5 Å². The second-order valence-corrected chi connectivity index (χ2v) is 5.85. The van der Waals surface area contributed by atoms with E-state index in [1.54, 1.807) is 0 Å². The first kappa shape index (κ1) is 14.3. The van der Waals surface area contributed by atoms with Crippen molar-refractivity contribution in [3.05, 3.63) is 23.4 Å². The number of nitrogens with zero attached hydrogens (tertiary/aromatic N) is 3. The third-order valence-electron chi connectivity index (χ3n) is 4.51. The molecule has 0 radical (unpaired) electrons. The zero-order valence-corrected chi connectivity index (χ0v) is 12.6. The molecule has 2 fully saturated rings. The van der Waals surface area contributed by atoms with E-state index in [2.05, 4.69) is 22.9 Å². The van der Waals surface area contributed by atoms with Crippen LogP contribution in [-0.2, 0) is 9.53 Å². The number of hydrogen-bond acceptors (Lipinski definition) is 4. The van der Waals surface area contributed by atoms with E-state index in [1.807, 2.05) is 11.1 Å². The van der Waals surface area contributed by atoms with Gasteiger partial charge < -0.3 is 14.5 Å². The molecule has 1 amide bonds. The van der Waals surface area contributed by atoms with Crippen LogP contribution >= 0.6 is 0 Å². The molecule has 1 atom stereocenters. The van der Waals surface area contributed by atoms with Crippen LogP contribution in [0.25, 0.3) is 0 Å². The van der Waals surface area contributed by atoms with Crippen molar-refractivity contribution in [1.82, 2.24) is 9.88 Å². The van der Waals surface area contributed by atoms with Crippen LogP contribution in [-0.4, -0.2) is 49.1 Å². The van der Waals surface area contributed by atoms with Crippen LogP contribution in [0.1, 0.15) is 36.4 Å². The van der Waals surface area contributed by atoms with Crippen molar-refractivity contribution in [3.63, 3.8) is 0 Å². The summed E-state index contributed by atoms with van der Waals surface area (Å²) in [5.41, 5.74) is 2.42. The fourth-order valence-corrected chi connectivity index (χ4v) is 3.28. The van der Waals surface area contributed by atoms with E-state index >= 15 is 0 Å². The number of rotatable bonds is 3. The molecule has 0 unspecified atom stereocenters. The standard InChI is InChI=1S/C16H23N3O2/c1-13-10-16(18-6-8-21-9-7-18)17-11-14(13)15-4-2-3-5-19(15)12-20/h10-12,15H,2-9H2,1H3/t15-/m1/s1. The van der Waals surface area contributed by atoms with Gasteiger partial charge in [0.2, 0.25) is 6.41 Å². The Bertz CT molecular complexity index is 500. The Labute approximate surface area is 125 Å². The number of anilines is 1. The van der Waals surface area contributed by atoms with Gasteiger partial charge in [-0.15, -0.1) is 0 Å². The van der Waals surface area contributed by atoms with Gasteiger partial charge in [-0.1, -0.05) is 0 Å². The van der Waals surface area contributed by atoms with Gasteiger partial charge in [0, 0.05) is 25.8 Å². The molecule has 5 nitrogen and oxygen atoms in total. The maximum absolute atomic E-state index is 11.3. The van der Waals surface area contributed by atoms with E-state index in [4.69, 9.17) is 4.74 Å². The molecule has 0 aliphatic carbocycles. The summed E-state index contributed by atoms with van der Waals surface area (Å²) in [5, 5.41) is 0. The Kier molecular flexibility index (Phi) is 4.39. The average Bonchev–Trinajstić information content (AvgIpc) is 2.55. The van der Waals surface area contributed by atoms with Crippen molar-refractivity contribution in [2.24, 2.45) is 0 Å². The minimum Gasteiger partial charge on any atom is -0.378 e. The molecule has 5 heteroatoms. The lowest BCUT2D eigenvalue weighted by Crippen LogP contribution is -2.37. The van der Waals surface area contributed by atoms with Gasteiger partial charge in [-0.3, -0.25) is 4.79 Å². The summed E-state index contributed by atoms with van der Waals surface area (Å²) in [4.78, 5) is 20.1. The predicted octanol–water partition coefficient (Wildman–Crippen LogP) is 1.91. The van der Waals surface area contributed by atoms with Gasteiger partial charge in [-0.25, -0.2) is 4.98 Å². The highest BCUT2D eigenvalue weighted by Gasteiger charge is 2.25. The number of pyridine rings is 1. The quantitative estimate of drug-likeness (QED) is 0.797. The molecule has 3 heterocycles. The van der Waals surface area contributed by atoms with E-state index < -0.39 is 0 Å². The highest BCUT2D eigenvalue weighted by Crippen LogP contribution is 2.32. The topological polar surface area (TPSA) is 45.7 Å². The van der Waals surface area contributed by atoms with Crippen molar-refractivity contribution in [2.45, 2.75) is 32.2 Å². The second kappa shape index (κ2) is 6.43. The summed E-state index contributed by atoms with van der Waals surface area (Å²) in [7, 11) is 0. The molecule has 21 heavy (non-hydrogen) atoms. The summed E-state index contributed by atoms with van der Waals surface area (Å²) in [6.07, 6.45) is 6.27. The largest absolute Gasteiger partial charge is 0.378 e. The Morgan fingerprint density at radius 1 is 1.29 bits per heavy atom. The molecule has 0 spiro atoms. The monoisotopic (exact) mass is 289 g/mol. The van der Waals surface area contributed by atoms with Crippen LogP contribution in [0.4, 0.5) is 5.82 Å². The molecule has 2 aliphatic rings. The zero-order valence-electron chi connectivity index (χ0n) is 12.6. The van der Waals surface area contributed by atoms with E-state index in [-0.39, 0.29) is 6.04 Å². The molecule has 1 aromatic rings. The summed E-state index contributed by atoms with van der Waals surface area (Å²) in [6, 6.07) is 2.35. The molecule has 114 valence electrons. The van der Waals surface area contributed by atoms with E-state index in [0.717, 1.165) is 57.9 Å². The van der Waals surface area contributed by atoms with Gasteiger partial charge in [-0.05, 0) is 43.4 Å². The minimum absolute atomic E-state index is 0.197. The number of aromatic nitrogens is 1. The molecular formula is C16H23N3O2. The van der Waals surface area contributed by atoms with Crippen molar-refractivity contribution in [2.75, 3.05) is 37.7 Å². The fourth-order valence-electron chi connectivity index (χ4n) is 3.28. The maximum atomic E-state index is 11.3. The fraction of sp³-hybridized carbons (Fsp3) is 0.625. The van der Waals surface area contributed by atoms with Gasteiger partial charge in [0.25, 0.3) is 0 Å². The molecule has 3 rings (SSSR count). The molecule has 0 saturated carbocycles. The molecule has 0 N–H and O–H groups in total. The summed E-state index contributed by atoms with van der Waals surface area (Å²) in [5.74, 6) is 1.02. The van der Waals surface area contributed by atoms with E-state index in [9.17, 15) is 4.79 Å². The van der Waals surface area contributed by atoms with Crippen molar-refractivity contribution in [1.29, 1.82) is 0 Å². The first-order valence-electron chi connectivity index (χ1n) is 7.80. The van der Waals surface area contributed by atoms with Crippen molar-refractivity contribution >= 4 is 12.2 Å². The number of carbonyl (C=O) groups is 1. The molecule has 2 saturated heterocycles. The van der Waals surface area contributed by atoms with Crippen LogP contribution in [0.15, 0.2) is 12.3 Å². The summed E-state index contributed by atoms with van der Waals surface area (Å²) in [6.45, 7) is 6.32. The molecular weight excluding hydrogens is 266 g/mol. The summed E-state index contributed by atoms with van der Waals surface area (Å²) < 4.78 is 5.38. The van der Waals surface area contributed by atoms with Crippen LogP contribution in [0.2, 0.25) is 0 Å². The lowest BCUT2D eigenvalue weighted by Gasteiger charge is -2.34. The Balaban J connectivity index is 1.81. The number of piperidine rings is 1. The number of aryl methyl sites for hydroxylation is 1. The highest BCUT2D eigenvalue weighted by atomic mass is 16.5. The van der Waals surface area contributed by atoms with Crippen LogP contribution in [0.3, 0.4) is 0 Å². The van der Waals surface area contributed by atoms with Gasteiger partial charge in [0.1, 0.15) is 5.82 Å². The highest BCUT2D eigenvalue weighted by molar-refractivity contribution is 5.51. The van der Waals surface area contributed by atoms with Crippen LogP contribution in [0.5, 0.6) is 0 Å². The number of likely N-dealkylation sites (tertiary alicyclic amines) is 1. The van der Waals surface area contributed by atoms with Crippen LogP contribution in [0, 0.1) is 6.92 Å². The smallest absolute Gasteiger partial charge is 0.210 e. The number of ether oxygens (including phenoxy) is 1. The average molecular weight is 289 g/mol. The summed E-state index contributed by atoms with van der Waals surface area (Å²) >= 11 is 0. The zero-order chi connectivity index (χ0) is 14.7. The van der Waals surface area contributed by atoms with Crippen molar-refractivity contribution in [3.8, 4) is 0 Å². The number of amides is 1. The number of hydrogen-bond donors (Lipinski definition) is 0. The van der Waals surface area contributed by atoms with Crippen LogP contribution < -0.4 is 4.90 Å². The Morgan fingerprint density at radius 2 is 2.10 bits per heavy atom. The first-order valence-corrected chi connectivity index (χ1v) is 7.80. The lowest BCUT2D eigenvalue weighted by atomic mass is 9.94. The Morgan fingerprint density at radius 3 is 2.81 bits per heavy atom. The Hall–Kier alpha value is -1.62. The van der Waals surface area contributed by atoms with Gasteiger partial charge in [0.15, 0.2) is 0 Å². The maximum Gasteiger partial charge on any atom is 0.210 e. The minimum atomic E-state index is 0.197. The SMILES string of the molecule is Cc1cc(N2CCOCC2)ncc1[C@H]1CCCCN1C=O. The lowest BCUT2D eigenvalue weighted by molar-refractivity contribution is -0.121. The normalized spacial score (nSPS) is 23.2. The third-order valence-corrected chi connectivity index (χ3v) is 4.51. The molecule has 1 aromatic heterocycles. The predicted molar refractivity (Wildman–Crippen MR) is 81.4 cm³/mol. The number of morpholine rings is 1.